The summed E-state index contributed by atoms with van der Waals surface area (Å²) in [6.07, 6.45) is 5.54. The first-order chi connectivity index (χ1) is 22.4. The summed E-state index contributed by atoms with van der Waals surface area (Å²) >= 11 is 5.56. The molecule has 1 aliphatic heterocycles. The van der Waals surface area contributed by atoms with E-state index in [4.69, 9.17) is 35.2 Å². The molecule has 1 unspecified atom stereocenters. The molecule has 15 heteroatoms. The van der Waals surface area contributed by atoms with Gasteiger partial charge >= 0.3 is 0 Å². The number of amides is 4. The van der Waals surface area contributed by atoms with Gasteiger partial charge in [-0.15, -0.1) is 0 Å². The molecule has 2 fully saturated rings. The highest BCUT2D eigenvalue weighted by atomic mass is 32.1. The smallest absolute Gasteiger partial charge is 0.231 e. The number of rotatable bonds is 13. The SMILES string of the molecule is C[C@H]1CC[C@H](CNC(=S)Nc2ccc(CC3CN(CC(N)=O)CCN(CC(N)=O)CCN(CC(N)=O)CCN3CC(N)=O)cc2)CC1. The minimum atomic E-state index is -0.485. The van der Waals surface area contributed by atoms with Crippen LogP contribution in [0, 0.1) is 11.8 Å². The topological polar surface area (TPSA) is 209 Å². The van der Waals surface area contributed by atoms with Gasteiger partial charge in [-0.3, -0.25) is 38.8 Å². The molecular weight excluding hydrogens is 620 g/mol. The zero-order valence-corrected chi connectivity index (χ0v) is 28.5. The van der Waals surface area contributed by atoms with E-state index in [9.17, 15) is 19.2 Å². The van der Waals surface area contributed by atoms with Crippen LogP contribution in [0.5, 0.6) is 0 Å². The number of thiocarbonyl (C=S) groups is 1. The fraction of sp³-hybridized carbons (Fsp3) is 0.656. The molecule has 0 spiro atoms. The van der Waals surface area contributed by atoms with E-state index in [2.05, 4.69) is 17.6 Å². The normalized spacial score (nSPS) is 22.8. The van der Waals surface area contributed by atoms with Gasteiger partial charge in [0.25, 0.3) is 0 Å². The van der Waals surface area contributed by atoms with Crippen LogP contribution >= 0.6 is 12.2 Å². The Labute approximate surface area is 283 Å². The van der Waals surface area contributed by atoms with Gasteiger partial charge in [0.2, 0.25) is 23.6 Å². The Morgan fingerprint density at radius 2 is 1.21 bits per heavy atom. The fourth-order valence-corrected chi connectivity index (χ4v) is 6.61. The van der Waals surface area contributed by atoms with Gasteiger partial charge in [0, 0.05) is 64.1 Å². The number of nitrogens with zero attached hydrogens (tertiary/aromatic N) is 4. The largest absolute Gasteiger partial charge is 0.369 e. The van der Waals surface area contributed by atoms with Crippen LogP contribution in [0.3, 0.4) is 0 Å². The minimum absolute atomic E-state index is 0.00626. The molecule has 262 valence electrons. The number of primary amides is 4. The van der Waals surface area contributed by atoms with Crippen LogP contribution < -0.4 is 33.6 Å². The van der Waals surface area contributed by atoms with Crippen molar-refractivity contribution in [2.45, 2.75) is 45.1 Å². The van der Waals surface area contributed by atoms with Crippen LogP contribution in [0.4, 0.5) is 5.69 Å². The van der Waals surface area contributed by atoms with Crippen LogP contribution in [0.2, 0.25) is 0 Å². The number of carbonyl (C=O) groups is 4. The number of hydrogen-bond donors (Lipinski definition) is 6. The van der Waals surface area contributed by atoms with Crippen LogP contribution in [-0.4, -0.2) is 133 Å². The second-order valence-electron chi connectivity index (χ2n) is 13.1. The third kappa shape index (κ3) is 14.9. The van der Waals surface area contributed by atoms with Gasteiger partial charge < -0.3 is 33.6 Å². The van der Waals surface area contributed by atoms with E-state index in [1.165, 1.54) is 25.7 Å². The van der Waals surface area contributed by atoms with Gasteiger partial charge in [0.1, 0.15) is 0 Å². The quantitative estimate of drug-likeness (QED) is 0.138. The van der Waals surface area contributed by atoms with Crippen molar-refractivity contribution in [2.75, 3.05) is 83.9 Å². The number of nitrogens with two attached hydrogens (primary N) is 4. The Bertz CT molecular complexity index is 1190. The fourth-order valence-electron chi connectivity index (χ4n) is 6.41. The maximum Gasteiger partial charge on any atom is 0.231 e. The number of anilines is 1. The summed E-state index contributed by atoms with van der Waals surface area (Å²) in [5.41, 5.74) is 24.3. The average Bonchev–Trinajstić information content (AvgIpc) is 2.99. The predicted octanol–water partition coefficient (Wildman–Crippen LogP) is -1.13. The average molecular weight is 675 g/mol. The van der Waals surface area contributed by atoms with E-state index in [1.807, 2.05) is 43.9 Å². The molecule has 0 bridgehead atoms. The zero-order valence-electron chi connectivity index (χ0n) is 27.7. The maximum atomic E-state index is 12.2. The molecule has 10 N–H and O–H groups in total. The van der Waals surface area contributed by atoms with Crippen molar-refractivity contribution < 1.29 is 19.2 Å². The van der Waals surface area contributed by atoms with Crippen molar-refractivity contribution in [3.05, 3.63) is 29.8 Å². The van der Waals surface area contributed by atoms with E-state index in [-0.39, 0.29) is 32.2 Å². The lowest BCUT2D eigenvalue weighted by molar-refractivity contribution is -0.122. The van der Waals surface area contributed by atoms with Crippen LogP contribution in [0.15, 0.2) is 24.3 Å². The lowest BCUT2D eigenvalue weighted by Crippen LogP contribution is -2.54. The molecule has 3 rings (SSSR count). The first-order valence-corrected chi connectivity index (χ1v) is 16.9. The second-order valence-corrected chi connectivity index (χ2v) is 13.5. The minimum Gasteiger partial charge on any atom is -0.369 e. The third-order valence-electron chi connectivity index (χ3n) is 9.02. The molecule has 4 amide bonds. The third-order valence-corrected chi connectivity index (χ3v) is 9.27. The molecule has 1 aromatic carbocycles. The van der Waals surface area contributed by atoms with E-state index in [0.717, 1.165) is 23.7 Å². The first kappa shape index (κ1) is 38.1. The van der Waals surface area contributed by atoms with Crippen molar-refractivity contribution in [1.82, 2.24) is 24.9 Å². The van der Waals surface area contributed by atoms with Gasteiger partial charge in [-0.1, -0.05) is 31.9 Å². The highest BCUT2D eigenvalue weighted by molar-refractivity contribution is 7.80. The van der Waals surface area contributed by atoms with E-state index in [0.29, 0.717) is 63.3 Å². The molecule has 0 radical (unpaired) electrons. The Kier molecular flexibility index (Phi) is 15.8. The van der Waals surface area contributed by atoms with Gasteiger partial charge in [0.05, 0.1) is 26.2 Å². The predicted molar refractivity (Wildman–Crippen MR) is 187 cm³/mol. The summed E-state index contributed by atoms with van der Waals surface area (Å²) in [6.45, 7) is 6.28. The Morgan fingerprint density at radius 1 is 0.723 bits per heavy atom. The lowest BCUT2D eigenvalue weighted by Gasteiger charge is -2.38. The molecule has 1 saturated carbocycles. The van der Waals surface area contributed by atoms with E-state index >= 15 is 0 Å². The number of carbonyl (C=O) groups excluding carboxylic acids is 4. The summed E-state index contributed by atoms with van der Waals surface area (Å²) in [4.78, 5) is 55.7. The number of hydrogen-bond acceptors (Lipinski definition) is 9. The Morgan fingerprint density at radius 3 is 1.74 bits per heavy atom. The van der Waals surface area contributed by atoms with Gasteiger partial charge in [0.15, 0.2) is 5.11 Å². The monoisotopic (exact) mass is 674 g/mol. The Hall–Kier alpha value is -3.37. The van der Waals surface area contributed by atoms with E-state index in [1.54, 1.807) is 0 Å². The molecule has 14 nitrogen and oxygen atoms in total. The Balaban J connectivity index is 1.76. The molecule has 1 atom stereocenters. The molecule has 2 aliphatic rings. The summed E-state index contributed by atoms with van der Waals surface area (Å²) in [6, 6.07) is 7.73. The van der Waals surface area contributed by atoms with Crippen LogP contribution in [0.25, 0.3) is 0 Å². The summed E-state index contributed by atoms with van der Waals surface area (Å²) in [5, 5.41) is 7.24. The number of benzene rings is 1. The molecule has 1 saturated heterocycles. The summed E-state index contributed by atoms with van der Waals surface area (Å²) in [5.74, 6) is -0.462. The van der Waals surface area contributed by atoms with Gasteiger partial charge in [-0.25, -0.2) is 0 Å². The zero-order chi connectivity index (χ0) is 34.3. The number of nitrogens with one attached hydrogen (secondary N) is 2. The van der Waals surface area contributed by atoms with Gasteiger partial charge in [-0.2, -0.15) is 0 Å². The molecule has 1 aromatic rings. The van der Waals surface area contributed by atoms with E-state index < -0.39 is 23.6 Å². The van der Waals surface area contributed by atoms with Crippen LogP contribution in [-0.2, 0) is 25.6 Å². The van der Waals surface area contributed by atoms with Crippen molar-refractivity contribution in [3.63, 3.8) is 0 Å². The molecule has 1 aliphatic carbocycles. The standard InChI is InChI=1S/C32H54N10O4S/c1-23-2-4-25(5-3-23)17-37-32(47)38-26-8-6-24(7-9-26)16-27-18-41(21-30(35)45)13-12-39(19-28(33)43)10-11-40(20-29(34)44)14-15-42(27)22-31(36)46/h6-9,23,25,27H,2-5,10-22H2,1H3,(H2,33,43)(H2,34,44)(H2,35,45)(H2,36,46)(H2,37,38,47)/t23-,25-,27?. The molecule has 47 heavy (non-hydrogen) atoms. The van der Waals surface area contributed by atoms with Crippen molar-refractivity contribution >= 4 is 46.6 Å². The summed E-state index contributed by atoms with van der Waals surface area (Å²) in [7, 11) is 0. The lowest BCUT2D eigenvalue weighted by atomic mass is 9.83. The van der Waals surface area contributed by atoms with Crippen molar-refractivity contribution in [2.24, 2.45) is 34.8 Å². The molecular formula is C32H54N10O4S. The van der Waals surface area contributed by atoms with Crippen molar-refractivity contribution in [1.29, 1.82) is 0 Å². The molecule has 0 aromatic heterocycles. The maximum absolute atomic E-state index is 12.2. The van der Waals surface area contributed by atoms with Crippen molar-refractivity contribution in [3.8, 4) is 0 Å². The summed E-state index contributed by atoms with van der Waals surface area (Å²) < 4.78 is 0. The highest BCUT2D eigenvalue weighted by Gasteiger charge is 2.27. The first-order valence-electron chi connectivity index (χ1n) is 16.5. The van der Waals surface area contributed by atoms with Crippen LogP contribution in [0.1, 0.15) is 38.2 Å². The highest BCUT2D eigenvalue weighted by Crippen LogP contribution is 2.27. The molecule has 1 heterocycles. The second kappa shape index (κ2) is 19.5. The van der Waals surface area contributed by atoms with Gasteiger partial charge in [-0.05, 0) is 61.0 Å².